The molecule has 15 heavy (non-hydrogen) atoms. The number of hydrogen-bond donors (Lipinski definition) is 1. The van der Waals surface area contributed by atoms with Crippen LogP contribution in [0.4, 0.5) is 0 Å². The van der Waals surface area contributed by atoms with Crippen molar-refractivity contribution >= 4 is 21.4 Å². The summed E-state index contributed by atoms with van der Waals surface area (Å²) in [7, 11) is -3.32. The fourth-order valence-electron chi connectivity index (χ4n) is 1.22. The summed E-state index contributed by atoms with van der Waals surface area (Å²) in [5.41, 5.74) is 4.95. The average Bonchev–Trinajstić information content (AvgIpc) is 2.00. The summed E-state index contributed by atoms with van der Waals surface area (Å²) in [4.78, 5) is 0.255. The standard InChI is InChI=1S/C10H14ClNO2S/c1-10(2,12)7-15(13,14)9-5-3-8(11)4-6-9/h3-6H,7,12H2,1-2H3. The predicted octanol–water partition coefficient (Wildman–Crippen LogP) is 1.85. The Bertz CT molecular complexity index is 431. The van der Waals surface area contributed by atoms with E-state index in [1.807, 2.05) is 0 Å². The molecule has 0 aromatic heterocycles. The lowest BCUT2D eigenvalue weighted by Gasteiger charge is -2.18. The number of sulfone groups is 1. The molecule has 0 spiro atoms. The van der Waals surface area contributed by atoms with E-state index in [1.165, 1.54) is 12.1 Å². The Morgan fingerprint density at radius 3 is 2.13 bits per heavy atom. The van der Waals surface area contributed by atoms with Gasteiger partial charge < -0.3 is 5.73 Å². The van der Waals surface area contributed by atoms with Gasteiger partial charge in [-0.05, 0) is 38.1 Å². The molecule has 0 aliphatic heterocycles. The highest BCUT2D eigenvalue weighted by Crippen LogP contribution is 2.17. The number of rotatable bonds is 3. The Balaban J connectivity index is 3.02. The molecule has 1 aromatic rings. The molecule has 1 aromatic carbocycles. The van der Waals surface area contributed by atoms with Gasteiger partial charge in [-0.3, -0.25) is 0 Å². The van der Waals surface area contributed by atoms with E-state index in [1.54, 1.807) is 26.0 Å². The quantitative estimate of drug-likeness (QED) is 0.887. The van der Waals surface area contributed by atoms with Gasteiger partial charge in [-0.1, -0.05) is 11.6 Å². The molecule has 1 rings (SSSR count). The van der Waals surface area contributed by atoms with Gasteiger partial charge in [0.05, 0.1) is 10.6 Å². The fraction of sp³-hybridized carbons (Fsp3) is 0.400. The van der Waals surface area contributed by atoms with E-state index in [0.29, 0.717) is 5.02 Å². The molecular formula is C10H14ClNO2S. The van der Waals surface area contributed by atoms with Crippen LogP contribution in [0.25, 0.3) is 0 Å². The highest BCUT2D eigenvalue weighted by molar-refractivity contribution is 7.91. The van der Waals surface area contributed by atoms with Crippen LogP contribution in [0.3, 0.4) is 0 Å². The second-order valence-electron chi connectivity index (χ2n) is 4.20. The smallest absolute Gasteiger partial charge is 0.180 e. The van der Waals surface area contributed by atoms with E-state index in [9.17, 15) is 8.42 Å². The van der Waals surface area contributed by atoms with E-state index in [0.717, 1.165) is 0 Å². The molecule has 0 aliphatic carbocycles. The normalized spacial score (nSPS) is 12.8. The van der Waals surface area contributed by atoms with Crippen molar-refractivity contribution in [2.24, 2.45) is 5.73 Å². The lowest BCUT2D eigenvalue weighted by atomic mass is 10.1. The van der Waals surface area contributed by atoms with E-state index in [4.69, 9.17) is 17.3 Å². The highest BCUT2D eigenvalue weighted by atomic mass is 35.5. The molecular weight excluding hydrogens is 234 g/mol. The Morgan fingerprint density at radius 2 is 1.73 bits per heavy atom. The largest absolute Gasteiger partial charge is 0.325 e. The van der Waals surface area contributed by atoms with E-state index >= 15 is 0 Å². The third-order valence-corrected chi connectivity index (χ3v) is 4.10. The molecule has 0 atom stereocenters. The molecule has 5 heteroatoms. The first kappa shape index (κ1) is 12.5. The number of halogens is 1. The van der Waals surface area contributed by atoms with Gasteiger partial charge >= 0.3 is 0 Å². The second-order valence-corrected chi connectivity index (χ2v) is 6.63. The van der Waals surface area contributed by atoms with Crippen LogP contribution < -0.4 is 5.73 Å². The number of nitrogens with two attached hydrogens (primary N) is 1. The van der Waals surface area contributed by atoms with Crippen molar-refractivity contribution in [3.8, 4) is 0 Å². The molecule has 0 bridgehead atoms. The molecule has 3 nitrogen and oxygen atoms in total. The Morgan fingerprint density at radius 1 is 1.27 bits per heavy atom. The van der Waals surface area contributed by atoms with Gasteiger partial charge in [0.1, 0.15) is 0 Å². The van der Waals surface area contributed by atoms with Crippen LogP contribution in [0.2, 0.25) is 5.02 Å². The van der Waals surface area contributed by atoms with Crippen LogP contribution in [-0.2, 0) is 9.84 Å². The molecule has 0 radical (unpaired) electrons. The summed E-state index contributed by atoms with van der Waals surface area (Å²) in [6.07, 6.45) is 0. The first-order valence-corrected chi connectivity index (χ1v) is 6.51. The third kappa shape index (κ3) is 3.81. The summed E-state index contributed by atoms with van der Waals surface area (Å²) in [5, 5.41) is 0.515. The second kappa shape index (κ2) is 4.12. The topological polar surface area (TPSA) is 60.2 Å². The average molecular weight is 248 g/mol. The maximum atomic E-state index is 11.8. The maximum Gasteiger partial charge on any atom is 0.180 e. The summed E-state index contributed by atoms with van der Waals surface area (Å²) < 4.78 is 23.7. The van der Waals surface area contributed by atoms with Gasteiger partial charge in [-0.25, -0.2) is 8.42 Å². The van der Waals surface area contributed by atoms with Crippen molar-refractivity contribution in [3.05, 3.63) is 29.3 Å². The SMILES string of the molecule is CC(C)(N)CS(=O)(=O)c1ccc(Cl)cc1. The van der Waals surface area contributed by atoms with Crippen LogP contribution in [-0.4, -0.2) is 19.7 Å². The van der Waals surface area contributed by atoms with Gasteiger partial charge in [0.2, 0.25) is 0 Å². The minimum atomic E-state index is -3.32. The first-order valence-electron chi connectivity index (χ1n) is 4.48. The number of hydrogen-bond acceptors (Lipinski definition) is 3. The van der Waals surface area contributed by atoms with Crippen molar-refractivity contribution < 1.29 is 8.42 Å². The highest BCUT2D eigenvalue weighted by Gasteiger charge is 2.23. The molecule has 0 heterocycles. The molecule has 0 amide bonds. The number of benzene rings is 1. The lowest BCUT2D eigenvalue weighted by molar-refractivity contribution is 0.544. The van der Waals surface area contributed by atoms with Crippen LogP contribution in [0.5, 0.6) is 0 Å². The fourth-order valence-corrected chi connectivity index (χ4v) is 3.04. The van der Waals surface area contributed by atoms with Crippen molar-refractivity contribution in [1.82, 2.24) is 0 Å². The van der Waals surface area contributed by atoms with E-state index in [-0.39, 0.29) is 10.6 Å². The predicted molar refractivity (Wildman–Crippen MR) is 61.8 cm³/mol. The van der Waals surface area contributed by atoms with Crippen molar-refractivity contribution in [2.45, 2.75) is 24.3 Å². The molecule has 0 fully saturated rings. The van der Waals surface area contributed by atoms with Crippen LogP contribution in [0.15, 0.2) is 29.2 Å². The Kier molecular flexibility index (Phi) is 3.43. The van der Waals surface area contributed by atoms with E-state index < -0.39 is 15.4 Å². The molecule has 0 saturated carbocycles. The van der Waals surface area contributed by atoms with Crippen molar-refractivity contribution in [3.63, 3.8) is 0 Å². The monoisotopic (exact) mass is 247 g/mol. The van der Waals surface area contributed by atoms with Crippen LogP contribution in [0, 0.1) is 0 Å². The zero-order valence-corrected chi connectivity index (χ0v) is 10.3. The van der Waals surface area contributed by atoms with Gasteiger partial charge in [0.15, 0.2) is 9.84 Å². The minimum Gasteiger partial charge on any atom is -0.325 e. The van der Waals surface area contributed by atoms with Gasteiger partial charge in [0.25, 0.3) is 0 Å². The van der Waals surface area contributed by atoms with Gasteiger partial charge in [-0.15, -0.1) is 0 Å². The summed E-state index contributed by atoms with van der Waals surface area (Å²) in [6, 6.07) is 6.09. The van der Waals surface area contributed by atoms with Crippen molar-refractivity contribution in [2.75, 3.05) is 5.75 Å². The first-order chi connectivity index (χ1) is 6.71. The summed E-state index contributed by atoms with van der Waals surface area (Å²) >= 11 is 5.68. The zero-order chi connectivity index (χ0) is 11.7. The molecule has 2 N–H and O–H groups in total. The minimum absolute atomic E-state index is 0.0817. The Hall–Kier alpha value is -0.580. The molecule has 0 aliphatic rings. The molecule has 84 valence electrons. The van der Waals surface area contributed by atoms with Crippen LogP contribution >= 0.6 is 11.6 Å². The van der Waals surface area contributed by atoms with Gasteiger partial charge in [0, 0.05) is 10.6 Å². The van der Waals surface area contributed by atoms with Crippen molar-refractivity contribution in [1.29, 1.82) is 0 Å². The van der Waals surface area contributed by atoms with Gasteiger partial charge in [-0.2, -0.15) is 0 Å². The zero-order valence-electron chi connectivity index (χ0n) is 8.70. The maximum absolute atomic E-state index is 11.8. The third-order valence-electron chi connectivity index (χ3n) is 1.73. The van der Waals surface area contributed by atoms with Crippen LogP contribution in [0.1, 0.15) is 13.8 Å². The lowest BCUT2D eigenvalue weighted by Crippen LogP contribution is -2.39. The summed E-state index contributed by atoms with van der Waals surface area (Å²) in [6.45, 7) is 3.36. The Labute approximate surface area is 95.2 Å². The van der Waals surface area contributed by atoms with E-state index in [2.05, 4.69) is 0 Å². The molecule has 0 unspecified atom stereocenters. The molecule has 0 saturated heterocycles. The summed E-state index contributed by atoms with van der Waals surface area (Å²) in [5.74, 6) is -0.0817.